The Labute approximate surface area is 151 Å². The van der Waals surface area contributed by atoms with Crippen LogP contribution in [0.2, 0.25) is 0 Å². The lowest BCUT2D eigenvalue weighted by Gasteiger charge is -2.33. The van der Waals surface area contributed by atoms with Crippen LogP contribution in [0.5, 0.6) is 0 Å². The van der Waals surface area contributed by atoms with Crippen LogP contribution in [0.15, 0.2) is 48.8 Å². The minimum absolute atomic E-state index is 0.000181. The van der Waals surface area contributed by atoms with E-state index in [1.807, 2.05) is 35.2 Å². The van der Waals surface area contributed by atoms with Gasteiger partial charge >= 0.3 is 11.7 Å². The topological polar surface area (TPSA) is 85.6 Å². The van der Waals surface area contributed by atoms with Crippen molar-refractivity contribution in [1.29, 1.82) is 0 Å². The first-order valence-corrected chi connectivity index (χ1v) is 8.66. The Hall–Kier alpha value is -2.96. The highest BCUT2D eigenvalue weighted by Crippen LogP contribution is 2.31. The van der Waals surface area contributed by atoms with E-state index in [1.54, 1.807) is 12.3 Å². The number of nitrogens with zero attached hydrogens (tertiary/aromatic N) is 3. The Bertz CT molecular complexity index is 766. The van der Waals surface area contributed by atoms with Crippen LogP contribution in [0.1, 0.15) is 24.8 Å². The number of nitro groups is 1. The van der Waals surface area contributed by atoms with Gasteiger partial charge in [-0.3, -0.25) is 19.9 Å². The van der Waals surface area contributed by atoms with Gasteiger partial charge < -0.3 is 9.64 Å². The molecule has 3 rings (SSSR count). The Morgan fingerprint density at radius 1 is 1.31 bits per heavy atom. The standard InChI is InChI=1S/C19H21N3O4/c23-19(26-14-15-5-2-1-3-6-15)11-16-7-4-10-21(13-16)17-8-9-20-12-18(17)22(24)25/h1-3,5-6,8-9,12,16H,4,7,10-11,13-14H2/t16-/m1/s1. The molecule has 1 saturated heterocycles. The van der Waals surface area contributed by atoms with E-state index in [1.165, 1.54) is 6.20 Å². The first kappa shape index (κ1) is 17.8. The van der Waals surface area contributed by atoms with Crippen LogP contribution in [-0.4, -0.2) is 29.0 Å². The normalized spacial score (nSPS) is 16.9. The molecule has 2 aromatic rings. The maximum Gasteiger partial charge on any atom is 0.310 e. The van der Waals surface area contributed by atoms with Gasteiger partial charge in [-0.1, -0.05) is 30.3 Å². The molecule has 7 heteroatoms. The van der Waals surface area contributed by atoms with Crippen molar-refractivity contribution in [2.45, 2.75) is 25.9 Å². The fourth-order valence-corrected chi connectivity index (χ4v) is 3.27. The molecule has 2 heterocycles. The average molecular weight is 355 g/mol. The summed E-state index contributed by atoms with van der Waals surface area (Å²) in [6.07, 6.45) is 4.95. The minimum Gasteiger partial charge on any atom is -0.461 e. The van der Waals surface area contributed by atoms with Crippen molar-refractivity contribution in [2.75, 3.05) is 18.0 Å². The summed E-state index contributed by atoms with van der Waals surface area (Å²) in [7, 11) is 0. The molecule has 136 valence electrons. The van der Waals surface area contributed by atoms with Gasteiger partial charge in [0.1, 0.15) is 18.5 Å². The van der Waals surface area contributed by atoms with Gasteiger partial charge in [0, 0.05) is 19.3 Å². The minimum atomic E-state index is -0.417. The van der Waals surface area contributed by atoms with Gasteiger partial charge in [0.05, 0.1) is 11.3 Å². The van der Waals surface area contributed by atoms with Crippen LogP contribution in [0.4, 0.5) is 11.4 Å². The summed E-state index contributed by atoms with van der Waals surface area (Å²) < 4.78 is 5.36. The zero-order chi connectivity index (χ0) is 18.4. The van der Waals surface area contributed by atoms with Crippen LogP contribution in [0.3, 0.4) is 0 Å². The summed E-state index contributed by atoms with van der Waals surface area (Å²) in [5, 5.41) is 11.2. The molecule has 0 spiro atoms. The number of hydrogen-bond acceptors (Lipinski definition) is 6. The number of carbonyl (C=O) groups excluding carboxylic acids is 1. The van der Waals surface area contributed by atoms with Crippen molar-refractivity contribution >= 4 is 17.3 Å². The van der Waals surface area contributed by atoms with E-state index in [4.69, 9.17) is 4.74 Å². The molecule has 1 aromatic heterocycles. The number of ether oxygens (including phenoxy) is 1. The molecule has 1 aliphatic heterocycles. The van der Waals surface area contributed by atoms with Gasteiger partial charge in [0.15, 0.2) is 0 Å². The average Bonchev–Trinajstić information content (AvgIpc) is 2.67. The van der Waals surface area contributed by atoms with E-state index in [0.717, 1.165) is 24.9 Å². The van der Waals surface area contributed by atoms with Gasteiger partial charge in [-0.15, -0.1) is 0 Å². The third kappa shape index (κ3) is 4.56. The number of pyridine rings is 1. The summed E-state index contributed by atoms with van der Waals surface area (Å²) in [4.78, 5) is 28.7. The van der Waals surface area contributed by atoms with Crippen LogP contribution in [-0.2, 0) is 16.1 Å². The van der Waals surface area contributed by atoms with E-state index >= 15 is 0 Å². The van der Waals surface area contributed by atoms with Gasteiger partial charge in [-0.25, -0.2) is 0 Å². The third-order valence-electron chi connectivity index (χ3n) is 4.53. The third-order valence-corrected chi connectivity index (χ3v) is 4.53. The second kappa shape index (κ2) is 8.42. The zero-order valence-corrected chi connectivity index (χ0v) is 14.4. The zero-order valence-electron chi connectivity index (χ0n) is 14.4. The fraction of sp³-hybridized carbons (Fsp3) is 0.368. The summed E-state index contributed by atoms with van der Waals surface area (Å²) in [6.45, 7) is 1.61. The van der Waals surface area contributed by atoms with Crippen LogP contribution in [0.25, 0.3) is 0 Å². The van der Waals surface area contributed by atoms with Gasteiger partial charge in [0.25, 0.3) is 0 Å². The SMILES string of the molecule is O=C(C[C@H]1CCCN(c2ccncc2[N+](=O)[O-])C1)OCc1ccccc1. The highest BCUT2D eigenvalue weighted by atomic mass is 16.6. The molecule has 1 aromatic carbocycles. The molecule has 0 aliphatic carbocycles. The monoisotopic (exact) mass is 355 g/mol. The molecule has 0 amide bonds. The number of benzene rings is 1. The lowest BCUT2D eigenvalue weighted by Crippen LogP contribution is -2.36. The van der Waals surface area contributed by atoms with Crippen molar-refractivity contribution in [2.24, 2.45) is 5.92 Å². The molecule has 0 N–H and O–H groups in total. The maximum absolute atomic E-state index is 12.1. The van der Waals surface area contributed by atoms with Crippen molar-refractivity contribution in [3.63, 3.8) is 0 Å². The Balaban J connectivity index is 1.57. The molecule has 0 saturated carbocycles. The van der Waals surface area contributed by atoms with Crippen molar-refractivity contribution in [3.8, 4) is 0 Å². The van der Waals surface area contributed by atoms with Crippen LogP contribution >= 0.6 is 0 Å². The number of rotatable bonds is 6. The lowest BCUT2D eigenvalue weighted by atomic mass is 9.94. The molecule has 1 atom stereocenters. The number of piperidine rings is 1. The van der Waals surface area contributed by atoms with E-state index in [9.17, 15) is 14.9 Å². The van der Waals surface area contributed by atoms with E-state index in [0.29, 0.717) is 18.7 Å². The van der Waals surface area contributed by atoms with Crippen LogP contribution < -0.4 is 4.90 Å². The quantitative estimate of drug-likeness (QED) is 0.449. The number of carbonyl (C=O) groups is 1. The number of hydrogen-bond donors (Lipinski definition) is 0. The van der Waals surface area contributed by atoms with Gasteiger partial charge in [-0.05, 0) is 30.4 Å². The van der Waals surface area contributed by atoms with Crippen LogP contribution in [0, 0.1) is 16.0 Å². The van der Waals surface area contributed by atoms with Gasteiger partial charge in [0.2, 0.25) is 0 Å². The fourth-order valence-electron chi connectivity index (χ4n) is 3.27. The van der Waals surface area contributed by atoms with Crippen molar-refractivity contribution in [1.82, 2.24) is 4.98 Å². The first-order valence-electron chi connectivity index (χ1n) is 8.66. The van der Waals surface area contributed by atoms with E-state index in [2.05, 4.69) is 4.98 Å². The summed E-state index contributed by atoms with van der Waals surface area (Å²) in [5.41, 5.74) is 1.52. The number of aromatic nitrogens is 1. The molecular formula is C19H21N3O4. The Morgan fingerprint density at radius 3 is 2.88 bits per heavy atom. The second-order valence-corrected chi connectivity index (χ2v) is 6.43. The molecule has 0 unspecified atom stereocenters. The van der Waals surface area contributed by atoms with Crippen molar-refractivity contribution in [3.05, 3.63) is 64.5 Å². The van der Waals surface area contributed by atoms with Gasteiger partial charge in [-0.2, -0.15) is 0 Å². The highest BCUT2D eigenvalue weighted by Gasteiger charge is 2.27. The molecular weight excluding hydrogens is 334 g/mol. The predicted molar refractivity (Wildman–Crippen MR) is 96.7 cm³/mol. The molecule has 0 bridgehead atoms. The Morgan fingerprint density at radius 2 is 2.12 bits per heavy atom. The number of esters is 1. The summed E-state index contributed by atoms with van der Waals surface area (Å²) >= 11 is 0. The predicted octanol–water partition coefficient (Wildman–Crippen LogP) is 3.34. The van der Waals surface area contributed by atoms with E-state index in [-0.39, 0.29) is 24.2 Å². The molecule has 0 radical (unpaired) electrons. The summed E-state index contributed by atoms with van der Waals surface area (Å²) in [5.74, 6) is -0.107. The van der Waals surface area contributed by atoms with Crippen molar-refractivity contribution < 1.29 is 14.5 Å². The molecule has 1 aliphatic rings. The lowest BCUT2D eigenvalue weighted by molar-refractivity contribution is -0.384. The molecule has 26 heavy (non-hydrogen) atoms. The first-order chi connectivity index (χ1) is 12.6. The molecule has 7 nitrogen and oxygen atoms in total. The smallest absolute Gasteiger partial charge is 0.310 e. The largest absolute Gasteiger partial charge is 0.461 e. The van der Waals surface area contributed by atoms with E-state index < -0.39 is 4.92 Å². The highest BCUT2D eigenvalue weighted by molar-refractivity contribution is 5.70. The molecule has 1 fully saturated rings. The number of anilines is 1. The second-order valence-electron chi connectivity index (χ2n) is 6.43. The summed E-state index contributed by atoms with van der Waals surface area (Å²) in [6, 6.07) is 11.2. The maximum atomic E-state index is 12.1. The Kier molecular flexibility index (Phi) is 5.78.